The molecule has 0 aliphatic heterocycles. The van der Waals surface area contributed by atoms with Gasteiger partial charge in [-0.05, 0) is 70.5 Å². The summed E-state index contributed by atoms with van der Waals surface area (Å²) in [6.07, 6.45) is 3.43. The number of aryl methyl sites for hydroxylation is 1. The normalized spacial score (nSPS) is 12.6. The number of rotatable bonds is 7. The fraction of sp³-hybridized carbons (Fsp3) is 0.357. The second-order valence-corrected chi connectivity index (χ2v) is 9.34. The first-order valence-electron chi connectivity index (χ1n) is 10.7. The van der Waals surface area contributed by atoms with Crippen LogP contribution in [0.1, 0.15) is 56.7 Å². The summed E-state index contributed by atoms with van der Waals surface area (Å²) in [6.45, 7) is 9.27. The molecule has 3 rings (SSSR count). The Morgan fingerprint density at radius 1 is 0.793 bits per heavy atom. The van der Waals surface area contributed by atoms with Gasteiger partial charge in [0.2, 0.25) is 0 Å². The monoisotopic (exact) mass is 386 g/mol. The Hall–Kier alpha value is -2.54. The van der Waals surface area contributed by atoms with Crippen LogP contribution in [0.4, 0.5) is 0 Å². The molecule has 0 heterocycles. The molecule has 29 heavy (non-hydrogen) atoms. The van der Waals surface area contributed by atoms with Gasteiger partial charge in [0, 0.05) is 0 Å². The van der Waals surface area contributed by atoms with Gasteiger partial charge in [-0.1, -0.05) is 88.4 Å². The van der Waals surface area contributed by atoms with E-state index in [9.17, 15) is 0 Å². The molecule has 3 aromatic carbocycles. The van der Waals surface area contributed by atoms with Crippen LogP contribution in [0.5, 0.6) is 5.75 Å². The smallest absolute Gasteiger partial charge is 0.119 e. The van der Waals surface area contributed by atoms with Gasteiger partial charge in [-0.25, -0.2) is 0 Å². The van der Waals surface area contributed by atoms with Gasteiger partial charge in [0.1, 0.15) is 5.75 Å². The highest BCUT2D eigenvalue weighted by Gasteiger charge is 2.12. The van der Waals surface area contributed by atoms with E-state index in [1.165, 1.54) is 34.2 Å². The topological polar surface area (TPSA) is 9.23 Å². The third-order valence-electron chi connectivity index (χ3n) is 5.56. The van der Waals surface area contributed by atoms with E-state index in [0.717, 1.165) is 18.6 Å². The van der Waals surface area contributed by atoms with Crippen LogP contribution in [0, 0.1) is 5.41 Å². The summed E-state index contributed by atoms with van der Waals surface area (Å²) in [6, 6.07) is 26.3. The molecule has 0 saturated heterocycles. The number of hydrogen-bond acceptors (Lipinski definition) is 1. The number of hydrogen-bond donors (Lipinski definition) is 0. The molecule has 1 atom stereocenters. The lowest BCUT2D eigenvalue weighted by molar-refractivity contribution is 0.378. The number of ether oxygens (including phenoxy) is 1. The summed E-state index contributed by atoms with van der Waals surface area (Å²) in [7, 11) is 1.72. The van der Waals surface area contributed by atoms with Crippen molar-refractivity contribution in [3.8, 4) is 16.9 Å². The van der Waals surface area contributed by atoms with Gasteiger partial charge in [-0.15, -0.1) is 0 Å². The molecule has 0 saturated carbocycles. The summed E-state index contributed by atoms with van der Waals surface area (Å²) in [5.74, 6) is 1.37. The Kier molecular flexibility index (Phi) is 6.79. The molecule has 1 heteroatoms. The van der Waals surface area contributed by atoms with E-state index in [4.69, 9.17) is 4.74 Å². The van der Waals surface area contributed by atoms with Gasteiger partial charge in [-0.2, -0.15) is 0 Å². The van der Waals surface area contributed by atoms with Gasteiger partial charge in [-0.3, -0.25) is 0 Å². The van der Waals surface area contributed by atoms with Crippen LogP contribution in [0.15, 0.2) is 72.8 Å². The van der Waals surface area contributed by atoms with E-state index in [1.54, 1.807) is 7.11 Å². The average Bonchev–Trinajstić information content (AvgIpc) is 2.72. The SMILES string of the molecule is COc1cccc(-c2cccc(C(C)Cc3cccc(CCC(C)(C)C)c3)c2)c1. The maximum atomic E-state index is 5.38. The molecule has 1 unspecified atom stereocenters. The van der Waals surface area contributed by atoms with Crippen molar-refractivity contribution in [1.82, 2.24) is 0 Å². The molecule has 0 aliphatic rings. The number of benzene rings is 3. The highest BCUT2D eigenvalue weighted by molar-refractivity contribution is 5.66. The molecule has 0 bridgehead atoms. The first kappa shape index (κ1) is 21.2. The summed E-state index contributed by atoms with van der Waals surface area (Å²) >= 11 is 0. The molecule has 0 radical (unpaired) electrons. The predicted octanol–water partition coefficient (Wildman–Crippen LogP) is 7.69. The quantitative estimate of drug-likeness (QED) is 0.404. The van der Waals surface area contributed by atoms with Gasteiger partial charge < -0.3 is 4.74 Å². The second kappa shape index (κ2) is 9.31. The van der Waals surface area contributed by atoms with Crippen LogP contribution in [0.2, 0.25) is 0 Å². The van der Waals surface area contributed by atoms with Crippen molar-refractivity contribution in [2.45, 2.75) is 52.9 Å². The Balaban J connectivity index is 1.73. The van der Waals surface area contributed by atoms with E-state index in [2.05, 4.69) is 88.4 Å². The van der Waals surface area contributed by atoms with Crippen molar-refractivity contribution in [3.05, 3.63) is 89.5 Å². The third kappa shape index (κ3) is 6.22. The lowest BCUT2D eigenvalue weighted by Crippen LogP contribution is -2.06. The molecular weight excluding hydrogens is 352 g/mol. The highest BCUT2D eigenvalue weighted by atomic mass is 16.5. The molecular formula is C28H34O. The van der Waals surface area contributed by atoms with Gasteiger partial charge >= 0.3 is 0 Å². The van der Waals surface area contributed by atoms with E-state index in [0.29, 0.717) is 11.3 Å². The van der Waals surface area contributed by atoms with Gasteiger partial charge in [0.05, 0.1) is 7.11 Å². The minimum absolute atomic E-state index is 0.379. The Labute approximate surface area is 176 Å². The number of methoxy groups -OCH3 is 1. The molecule has 0 spiro atoms. The van der Waals surface area contributed by atoms with Crippen molar-refractivity contribution in [2.75, 3.05) is 7.11 Å². The van der Waals surface area contributed by atoms with Gasteiger partial charge in [0.25, 0.3) is 0 Å². The summed E-state index contributed by atoms with van der Waals surface area (Å²) in [4.78, 5) is 0. The first-order chi connectivity index (χ1) is 13.8. The van der Waals surface area contributed by atoms with Crippen LogP contribution < -0.4 is 4.74 Å². The zero-order valence-electron chi connectivity index (χ0n) is 18.5. The lowest BCUT2D eigenvalue weighted by Gasteiger charge is -2.18. The Morgan fingerprint density at radius 3 is 2.17 bits per heavy atom. The van der Waals surface area contributed by atoms with Crippen molar-refractivity contribution >= 4 is 0 Å². The van der Waals surface area contributed by atoms with Crippen LogP contribution in [0.25, 0.3) is 11.1 Å². The van der Waals surface area contributed by atoms with Crippen LogP contribution in [0.3, 0.4) is 0 Å². The average molecular weight is 387 g/mol. The minimum atomic E-state index is 0.379. The molecule has 0 aliphatic carbocycles. The van der Waals surface area contributed by atoms with E-state index in [1.807, 2.05) is 12.1 Å². The molecule has 0 amide bonds. The molecule has 0 N–H and O–H groups in total. The fourth-order valence-electron chi connectivity index (χ4n) is 3.73. The Morgan fingerprint density at radius 2 is 1.45 bits per heavy atom. The Bertz CT molecular complexity index is 933. The second-order valence-electron chi connectivity index (χ2n) is 9.34. The first-order valence-corrected chi connectivity index (χ1v) is 10.7. The van der Waals surface area contributed by atoms with E-state index in [-0.39, 0.29) is 0 Å². The van der Waals surface area contributed by atoms with Gasteiger partial charge in [0.15, 0.2) is 0 Å². The van der Waals surface area contributed by atoms with Crippen LogP contribution in [-0.4, -0.2) is 7.11 Å². The highest BCUT2D eigenvalue weighted by Crippen LogP contribution is 2.29. The van der Waals surface area contributed by atoms with Crippen molar-refractivity contribution in [3.63, 3.8) is 0 Å². The molecule has 152 valence electrons. The molecule has 3 aromatic rings. The van der Waals surface area contributed by atoms with E-state index >= 15 is 0 Å². The van der Waals surface area contributed by atoms with Crippen LogP contribution >= 0.6 is 0 Å². The van der Waals surface area contributed by atoms with Crippen molar-refractivity contribution in [1.29, 1.82) is 0 Å². The predicted molar refractivity (Wildman–Crippen MR) is 125 cm³/mol. The molecule has 1 nitrogen and oxygen atoms in total. The maximum Gasteiger partial charge on any atom is 0.119 e. The standard InChI is InChI=1S/C28H34O/c1-21(17-23-10-6-9-22(18-23)15-16-28(2,3)4)24-11-7-12-25(19-24)26-13-8-14-27(20-26)29-5/h6-14,18-21H,15-17H2,1-5H3. The summed E-state index contributed by atoms with van der Waals surface area (Å²) < 4.78 is 5.38. The van der Waals surface area contributed by atoms with Crippen LogP contribution in [-0.2, 0) is 12.8 Å². The molecule has 0 aromatic heterocycles. The van der Waals surface area contributed by atoms with E-state index < -0.39 is 0 Å². The van der Waals surface area contributed by atoms with Crippen molar-refractivity contribution < 1.29 is 4.74 Å². The summed E-state index contributed by atoms with van der Waals surface area (Å²) in [5, 5.41) is 0. The zero-order chi connectivity index (χ0) is 20.9. The minimum Gasteiger partial charge on any atom is -0.497 e. The lowest BCUT2D eigenvalue weighted by atomic mass is 9.87. The largest absolute Gasteiger partial charge is 0.497 e. The van der Waals surface area contributed by atoms with Crippen molar-refractivity contribution in [2.24, 2.45) is 5.41 Å². The zero-order valence-corrected chi connectivity index (χ0v) is 18.5. The fourth-order valence-corrected chi connectivity index (χ4v) is 3.73. The molecule has 0 fully saturated rings. The maximum absolute atomic E-state index is 5.38. The third-order valence-corrected chi connectivity index (χ3v) is 5.56. The summed E-state index contributed by atoms with van der Waals surface area (Å²) in [5.41, 5.74) is 7.08.